The maximum absolute atomic E-state index is 12.7. The van der Waals surface area contributed by atoms with Crippen LogP contribution < -0.4 is 5.32 Å². The van der Waals surface area contributed by atoms with Gasteiger partial charge in [0.15, 0.2) is 0 Å². The van der Waals surface area contributed by atoms with Gasteiger partial charge in [-0.2, -0.15) is 0 Å². The number of rotatable bonds is 8. The zero-order chi connectivity index (χ0) is 15.2. The number of sulfonamides is 1. The van der Waals surface area contributed by atoms with Crippen LogP contribution in [0.4, 0.5) is 0 Å². The van der Waals surface area contributed by atoms with Crippen LogP contribution in [0.2, 0.25) is 0 Å². The molecular weight excluding hydrogens is 274 g/mol. The lowest BCUT2D eigenvalue weighted by atomic mass is 10.2. The lowest BCUT2D eigenvalue weighted by Gasteiger charge is -2.27. The van der Waals surface area contributed by atoms with Crippen molar-refractivity contribution in [2.75, 3.05) is 20.1 Å². The van der Waals surface area contributed by atoms with Crippen LogP contribution in [0.5, 0.6) is 0 Å². The summed E-state index contributed by atoms with van der Waals surface area (Å²) >= 11 is 0. The normalized spacial score (nSPS) is 15.2. The van der Waals surface area contributed by atoms with Gasteiger partial charge in [-0.3, -0.25) is 4.98 Å². The zero-order valence-corrected chi connectivity index (χ0v) is 13.5. The molecule has 1 aromatic rings. The molecule has 2 unspecified atom stereocenters. The van der Waals surface area contributed by atoms with E-state index in [4.69, 9.17) is 0 Å². The van der Waals surface area contributed by atoms with Crippen LogP contribution in [-0.4, -0.2) is 43.9 Å². The third-order valence-corrected chi connectivity index (χ3v) is 5.85. The number of likely N-dealkylation sites (N-methyl/N-ethyl adjacent to an activating group) is 2. The van der Waals surface area contributed by atoms with Gasteiger partial charge in [0.2, 0.25) is 10.0 Å². The largest absolute Gasteiger partial charge is 0.316 e. The molecule has 0 radical (unpaired) electrons. The first kappa shape index (κ1) is 17.1. The highest BCUT2D eigenvalue weighted by Crippen LogP contribution is 2.23. The van der Waals surface area contributed by atoms with Gasteiger partial charge in [-0.05, 0) is 32.5 Å². The molecule has 0 spiro atoms. The lowest BCUT2D eigenvalue weighted by Crippen LogP contribution is -2.43. The van der Waals surface area contributed by atoms with Gasteiger partial charge in [0.05, 0.1) is 5.69 Å². The molecule has 20 heavy (non-hydrogen) atoms. The third-order valence-electron chi connectivity index (χ3n) is 3.59. The van der Waals surface area contributed by atoms with Crippen molar-refractivity contribution in [2.45, 2.75) is 38.5 Å². The molecule has 0 saturated carbocycles. The molecular formula is C14H25N3O2S. The van der Waals surface area contributed by atoms with Crippen LogP contribution in [0, 0.1) is 0 Å². The van der Waals surface area contributed by atoms with Crippen molar-refractivity contribution in [1.29, 1.82) is 0 Å². The summed E-state index contributed by atoms with van der Waals surface area (Å²) in [6.45, 7) is 6.57. The average molecular weight is 299 g/mol. The molecule has 1 heterocycles. The number of hydrogen-bond donors (Lipinski definition) is 1. The van der Waals surface area contributed by atoms with E-state index in [-0.39, 0.29) is 6.04 Å². The second kappa shape index (κ2) is 7.71. The Morgan fingerprint density at radius 1 is 1.35 bits per heavy atom. The summed E-state index contributed by atoms with van der Waals surface area (Å²) in [4.78, 5) is 4.16. The van der Waals surface area contributed by atoms with Crippen LogP contribution in [0.1, 0.15) is 38.1 Å². The fourth-order valence-electron chi connectivity index (χ4n) is 2.08. The first-order valence-corrected chi connectivity index (χ1v) is 8.54. The first-order valence-electron chi connectivity index (χ1n) is 7.04. The predicted octanol–water partition coefficient (Wildman–Crippen LogP) is 1.79. The Labute approximate surface area is 122 Å². The van der Waals surface area contributed by atoms with E-state index in [1.54, 1.807) is 25.3 Å². The molecule has 5 nitrogen and oxygen atoms in total. The van der Waals surface area contributed by atoms with Gasteiger partial charge in [-0.1, -0.05) is 19.9 Å². The van der Waals surface area contributed by atoms with Crippen molar-refractivity contribution in [3.63, 3.8) is 0 Å². The Morgan fingerprint density at radius 3 is 2.50 bits per heavy atom. The lowest BCUT2D eigenvalue weighted by molar-refractivity contribution is 0.365. The Bertz CT molecular complexity index is 486. The third kappa shape index (κ3) is 4.01. The van der Waals surface area contributed by atoms with Crippen molar-refractivity contribution >= 4 is 10.0 Å². The van der Waals surface area contributed by atoms with Gasteiger partial charge in [0.1, 0.15) is 5.25 Å². The van der Waals surface area contributed by atoms with Crippen molar-refractivity contribution in [1.82, 2.24) is 14.6 Å². The Balaban J connectivity index is 2.94. The molecule has 0 aliphatic rings. The summed E-state index contributed by atoms with van der Waals surface area (Å²) in [6, 6.07) is 5.52. The predicted molar refractivity (Wildman–Crippen MR) is 82.0 cm³/mol. The van der Waals surface area contributed by atoms with Gasteiger partial charge in [0, 0.05) is 25.3 Å². The minimum absolute atomic E-state index is 0.167. The molecule has 0 amide bonds. The molecule has 0 bridgehead atoms. The smallest absolute Gasteiger partial charge is 0.222 e. The Kier molecular flexibility index (Phi) is 6.58. The highest BCUT2D eigenvalue weighted by atomic mass is 32.2. The molecule has 0 fully saturated rings. The summed E-state index contributed by atoms with van der Waals surface area (Å²) in [6.07, 6.45) is 2.51. The first-order chi connectivity index (χ1) is 9.47. The molecule has 6 heteroatoms. The molecule has 1 rings (SSSR count). The molecule has 0 aliphatic heterocycles. The fourth-order valence-corrected chi connectivity index (χ4v) is 3.72. The molecule has 114 valence electrons. The number of aromatic nitrogens is 1. The molecule has 0 aliphatic carbocycles. The van der Waals surface area contributed by atoms with Crippen molar-refractivity contribution in [3.05, 3.63) is 30.1 Å². The second-order valence-corrected chi connectivity index (χ2v) is 7.04. The molecule has 1 N–H and O–H groups in total. The standard InChI is InChI=1S/C14H25N3O2S/c1-5-13(15-4)11-17(6-2)20(18,19)12(3)14-9-7-8-10-16-14/h7-10,12-13,15H,5-6,11H2,1-4H3. The van der Waals surface area contributed by atoms with Crippen molar-refractivity contribution in [3.8, 4) is 0 Å². The quantitative estimate of drug-likeness (QED) is 0.795. The van der Waals surface area contributed by atoms with E-state index in [9.17, 15) is 8.42 Å². The van der Waals surface area contributed by atoms with E-state index >= 15 is 0 Å². The van der Waals surface area contributed by atoms with Crippen molar-refractivity contribution < 1.29 is 8.42 Å². The van der Waals surface area contributed by atoms with Gasteiger partial charge in [0.25, 0.3) is 0 Å². The zero-order valence-electron chi connectivity index (χ0n) is 12.7. The van der Waals surface area contributed by atoms with Crippen LogP contribution in [0.3, 0.4) is 0 Å². The maximum atomic E-state index is 12.7. The van der Waals surface area contributed by atoms with Gasteiger partial charge < -0.3 is 5.32 Å². The Hall–Kier alpha value is -0.980. The number of hydrogen-bond acceptors (Lipinski definition) is 4. The highest BCUT2D eigenvalue weighted by Gasteiger charge is 2.30. The molecule has 1 aromatic heterocycles. The van der Waals surface area contributed by atoms with Crippen molar-refractivity contribution in [2.24, 2.45) is 0 Å². The Morgan fingerprint density at radius 2 is 2.05 bits per heavy atom. The number of pyridine rings is 1. The van der Waals surface area contributed by atoms with E-state index in [0.29, 0.717) is 18.8 Å². The van der Waals surface area contributed by atoms with Crippen LogP contribution in [0.15, 0.2) is 24.4 Å². The monoisotopic (exact) mass is 299 g/mol. The summed E-state index contributed by atoms with van der Waals surface area (Å²) in [5.74, 6) is 0. The van der Waals surface area contributed by atoms with Gasteiger partial charge in [-0.25, -0.2) is 12.7 Å². The van der Waals surface area contributed by atoms with E-state index in [2.05, 4.69) is 10.3 Å². The minimum Gasteiger partial charge on any atom is -0.316 e. The fraction of sp³-hybridized carbons (Fsp3) is 0.643. The molecule has 0 saturated heterocycles. The number of nitrogens with one attached hydrogen (secondary N) is 1. The van der Waals surface area contributed by atoms with Crippen LogP contribution in [-0.2, 0) is 10.0 Å². The highest BCUT2D eigenvalue weighted by molar-refractivity contribution is 7.89. The van der Waals surface area contributed by atoms with Gasteiger partial charge >= 0.3 is 0 Å². The summed E-state index contributed by atoms with van der Waals surface area (Å²) < 4.78 is 26.9. The molecule has 2 atom stereocenters. The van der Waals surface area contributed by atoms with E-state index in [0.717, 1.165) is 6.42 Å². The van der Waals surface area contributed by atoms with E-state index in [1.807, 2.05) is 27.0 Å². The van der Waals surface area contributed by atoms with Crippen LogP contribution in [0.25, 0.3) is 0 Å². The van der Waals surface area contributed by atoms with Gasteiger partial charge in [-0.15, -0.1) is 0 Å². The maximum Gasteiger partial charge on any atom is 0.222 e. The minimum atomic E-state index is -3.39. The molecule has 0 aromatic carbocycles. The summed E-state index contributed by atoms with van der Waals surface area (Å²) in [5, 5.41) is 2.52. The second-order valence-electron chi connectivity index (χ2n) is 4.79. The number of nitrogens with zero attached hydrogens (tertiary/aromatic N) is 2. The average Bonchev–Trinajstić information content (AvgIpc) is 2.48. The van der Waals surface area contributed by atoms with E-state index in [1.165, 1.54) is 4.31 Å². The summed E-state index contributed by atoms with van der Waals surface area (Å²) in [7, 11) is -1.53. The SMILES string of the molecule is CCC(CN(CC)S(=O)(=O)C(C)c1ccccn1)NC. The van der Waals surface area contributed by atoms with E-state index < -0.39 is 15.3 Å². The summed E-state index contributed by atoms with van der Waals surface area (Å²) in [5.41, 5.74) is 0.587. The topological polar surface area (TPSA) is 62.3 Å². The van der Waals surface area contributed by atoms with Crippen LogP contribution >= 0.6 is 0 Å².